The summed E-state index contributed by atoms with van der Waals surface area (Å²) in [5.74, 6) is -0.423. The number of benzene rings is 1. The molecule has 2 aliphatic rings. The van der Waals surface area contributed by atoms with Crippen LogP contribution in [0.4, 0.5) is 0 Å². The Labute approximate surface area is 199 Å². The Bertz CT molecular complexity index is 939. The Balaban J connectivity index is 1.99. The third kappa shape index (κ3) is 6.22. The minimum Gasteiger partial charge on any atom is -0.451 e. The van der Waals surface area contributed by atoms with Crippen LogP contribution in [0.25, 0.3) is 0 Å². The maximum absolute atomic E-state index is 13.0. The molecule has 2 bridgehead atoms. The summed E-state index contributed by atoms with van der Waals surface area (Å²) in [7, 11) is 0. The topological polar surface area (TPSA) is 52.6 Å². The van der Waals surface area contributed by atoms with Crippen LogP contribution in [0.5, 0.6) is 0 Å². The molecule has 0 amide bonds. The molecular formula is C27H33BrO4. The molecule has 0 saturated heterocycles. The van der Waals surface area contributed by atoms with Gasteiger partial charge < -0.3 is 9.47 Å². The second kappa shape index (κ2) is 10.7. The van der Waals surface area contributed by atoms with Crippen molar-refractivity contribution < 1.29 is 19.1 Å². The van der Waals surface area contributed by atoms with Gasteiger partial charge in [-0.25, -0.2) is 9.59 Å². The summed E-state index contributed by atoms with van der Waals surface area (Å²) in [6.45, 7) is 8.33. The Hall–Kier alpha value is -2.14. The summed E-state index contributed by atoms with van der Waals surface area (Å²) in [6.07, 6.45) is 10.2. The zero-order valence-electron chi connectivity index (χ0n) is 19.4. The molecule has 4 nitrogen and oxygen atoms in total. The molecule has 2 heterocycles. The maximum atomic E-state index is 13.0. The van der Waals surface area contributed by atoms with Gasteiger partial charge >= 0.3 is 11.9 Å². The van der Waals surface area contributed by atoms with Crippen molar-refractivity contribution in [2.24, 2.45) is 5.92 Å². The highest BCUT2D eigenvalue weighted by atomic mass is 79.9. The molecule has 1 aromatic carbocycles. The number of hydrogen-bond acceptors (Lipinski definition) is 4. The Morgan fingerprint density at radius 3 is 2.53 bits per heavy atom. The van der Waals surface area contributed by atoms with Crippen LogP contribution < -0.4 is 0 Å². The molecule has 5 heteroatoms. The minimum atomic E-state index is -0.961. The number of fused-ring (bicyclic) bond motifs is 3. The summed E-state index contributed by atoms with van der Waals surface area (Å²) in [5.41, 5.74) is 2.77. The maximum Gasteiger partial charge on any atom is 0.338 e. The number of esters is 2. The van der Waals surface area contributed by atoms with Crippen LogP contribution in [-0.4, -0.2) is 23.6 Å². The molecule has 172 valence electrons. The first kappa shape index (κ1) is 24.5. The molecule has 32 heavy (non-hydrogen) atoms. The number of halogens is 1. The fourth-order valence-electron chi connectivity index (χ4n) is 4.13. The van der Waals surface area contributed by atoms with Gasteiger partial charge in [0.2, 0.25) is 0 Å². The number of rotatable bonds is 3. The van der Waals surface area contributed by atoms with Crippen LogP contribution >= 0.6 is 15.9 Å². The summed E-state index contributed by atoms with van der Waals surface area (Å²) >= 11 is 3.39. The average Bonchev–Trinajstić information content (AvgIpc) is 2.73. The van der Waals surface area contributed by atoms with Crippen LogP contribution in [0.2, 0.25) is 0 Å². The second-order valence-corrected chi connectivity index (χ2v) is 10.2. The van der Waals surface area contributed by atoms with Crippen molar-refractivity contribution in [1.29, 1.82) is 0 Å². The number of carbonyl (C=O) groups excluding carboxylic acids is 2. The van der Waals surface area contributed by atoms with E-state index in [0.29, 0.717) is 36.3 Å². The van der Waals surface area contributed by atoms with Gasteiger partial charge in [0.15, 0.2) is 11.7 Å². The quantitative estimate of drug-likeness (QED) is 0.328. The molecule has 1 aromatic rings. The standard InChI is InChI=1S/C27H33BrO4/c1-18(2)22-11-10-19(3)7-5-8-20-9-6-16-27(4,24(17-22)31-25(20)29)32-26(30)21-12-14-23(28)15-13-21/h7,9,12-15,17-18,24H,5-6,8,10-11,16H2,1-4H3/b19-7+,20-9-,22-17+/t24-,27+/m0/s1. The lowest BCUT2D eigenvalue weighted by Crippen LogP contribution is -2.46. The SMILES string of the molecule is C/C1=C\CC/C2=C/CC[C@@](C)(OC(=O)c3ccc(Br)cc3)[C@H](/C=C(/C(C)C)CC1)OC2=O. The van der Waals surface area contributed by atoms with E-state index in [1.807, 2.05) is 31.2 Å². The van der Waals surface area contributed by atoms with Crippen molar-refractivity contribution in [2.75, 3.05) is 0 Å². The van der Waals surface area contributed by atoms with Gasteiger partial charge in [-0.2, -0.15) is 0 Å². The van der Waals surface area contributed by atoms with E-state index in [9.17, 15) is 9.59 Å². The molecule has 0 saturated carbocycles. The van der Waals surface area contributed by atoms with Crippen LogP contribution in [0.3, 0.4) is 0 Å². The van der Waals surface area contributed by atoms with E-state index in [0.717, 1.165) is 23.7 Å². The van der Waals surface area contributed by atoms with Gasteiger partial charge in [-0.05, 0) is 88.6 Å². The van der Waals surface area contributed by atoms with Crippen molar-refractivity contribution in [3.8, 4) is 0 Å². The van der Waals surface area contributed by atoms with Crippen molar-refractivity contribution in [2.45, 2.75) is 77.9 Å². The van der Waals surface area contributed by atoms with Gasteiger partial charge in [0.05, 0.1) is 5.56 Å². The third-order valence-corrected chi connectivity index (χ3v) is 6.89. The summed E-state index contributed by atoms with van der Waals surface area (Å²) in [4.78, 5) is 26.0. The van der Waals surface area contributed by atoms with Gasteiger partial charge in [-0.15, -0.1) is 0 Å². The first-order valence-corrected chi connectivity index (χ1v) is 12.2. The highest BCUT2D eigenvalue weighted by Crippen LogP contribution is 2.34. The number of carbonyl (C=O) groups is 2. The first-order valence-electron chi connectivity index (χ1n) is 11.4. The van der Waals surface area contributed by atoms with Crippen LogP contribution in [-0.2, 0) is 14.3 Å². The zero-order chi connectivity index (χ0) is 23.3. The molecule has 0 aliphatic carbocycles. The molecule has 2 aliphatic heterocycles. The highest BCUT2D eigenvalue weighted by Gasteiger charge is 2.41. The lowest BCUT2D eigenvalue weighted by molar-refractivity contribution is -0.156. The van der Waals surface area contributed by atoms with Crippen LogP contribution in [0.1, 0.15) is 76.6 Å². The van der Waals surface area contributed by atoms with Gasteiger partial charge in [0.25, 0.3) is 0 Å². The van der Waals surface area contributed by atoms with Crippen LogP contribution in [0.15, 0.2) is 63.7 Å². The van der Waals surface area contributed by atoms with E-state index >= 15 is 0 Å². The molecule has 0 fully saturated rings. The van der Waals surface area contributed by atoms with Gasteiger partial charge in [-0.3, -0.25) is 0 Å². The van der Waals surface area contributed by atoms with E-state index in [1.54, 1.807) is 12.1 Å². The lowest BCUT2D eigenvalue weighted by Gasteiger charge is -2.37. The highest BCUT2D eigenvalue weighted by molar-refractivity contribution is 9.10. The number of ether oxygens (including phenoxy) is 2. The fourth-order valence-corrected chi connectivity index (χ4v) is 4.40. The van der Waals surface area contributed by atoms with E-state index in [1.165, 1.54) is 11.1 Å². The number of hydrogen-bond donors (Lipinski definition) is 0. The molecule has 0 N–H and O–H groups in total. The normalized spacial score (nSPS) is 29.6. The molecule has 0 spiro atoms. The Kier molecular flexibility index (Phi) is 8.16. The second-order valence-electron chi connectivity index (χ2n) is 9.29. The monoisotopic (exact) mass is 500 g/mol. The Morgan fingerprint density at radius 1 is 1.12 bits per heavy atom. The summed E-state index contributed by atoms with van der Waals surface area (Å²) < 4.78 is 13.0. The molecule has 0 unspecified atom stereocenters. The first-order chi connectivity index (χ1) is 15.2. The van der Waals surface area contributed by atoms with Crippen molar-refractivity contribution in [3.05, 3.63) is 69.2 Å². The largest absolute Gasteiger partial charge is 0.451 e. The van der Waals surface area contributed by atoms with Gasteiger partial charge in [-0.1, -0.05) is 53.1 Å². The van der Waals surface area contributed by atoms with Crippen molar-refractivity contribution >= 4 is 27.9 Å². The van der Waals surface area contributed by atoms with E-state index in [-0.39, 0.29) is 5.97 Å². The zero-order valence-corrected chi connectivity index (χ0v) is 21.0. The van der Waals surface area contributed by atoms with Gasteiger partial charge in [0.1, 0.15) is 0 Å². The van der Waals surface area contributed by atoms with Crippen molar-refractivity contribution in [1.82, 2.24) is 0 Å². The minimum absolute atomic E-state index is 0.302. The average molecular weight is 501 g/mol. The van der Waals surface area contributed by atoms with Crippen LogP contribution in [0, 0.1) is 5.92 Å². The van der Waals surface area contributed by atoms with E-state index in [2.05, 4.69) is 42.8 Å². The summed E-state index contributed by atoms with van der Waals surface area (Å²) in [5, 5.41) is 0. The van der Waals surface area contributed by atoms with E-state index < -0.39 is 17.7 Å². The fraction of sp³-hybridized carbons (Fsp3) is 0.481. The lowest BCUT2D eigenvalue weighted by atomic mass is 9.86. The smallest absolute Gasteiger partial charge is 0.338 e. The molecule has 0 aromatic heterocycles. The predicted molar refractivity (Wildman–Crippen MR) is 130 cm³/mol. The summed E-state index contributed by atoms with van der Waals surface area (Å²) in [6, 6.07) is 7.09. The predicted octanol–water partition coefficient (Wildman–Crippen LogP) is 7.10. The van der Waals surface area contributed by atoms with E-state index in [4.69, 9.17) is 9.47 Å². The molecule has 0 radical (unpaired) electrons. The van der Waals surface area contributed by atoms with Crippen molar-refractivity contribution in [3.63, 3.8) is 0 Å². The molecule has 3 rings (SSSR count). The third-order valence-electron chi connectivity index (χ3n) is 6.36. The molecule has 2 atom stereocenters. The Morgan fingerprint density at radius 2 is 1.84 bits per heavy atom. The van der Waals surface area contributed by atoms with Gasteiger partial charge in [0, 0.05) is 10.0 Å². The molecular weight excluding hydrogens is 468 g/mol. The number of allylic oxidation sites excluding steroid dienone is 4.